The first-order valence-corrected chi connectivity index (χ1v) is 6.31. The number of hydrogen-bond acceptors (Lipinski definition) is 2. The van der Waals surface area contributed by atoms with E-state index < -0.39 is 0 Å². The molecule has 0 unspecified atom stereocenters. The Bertz CT molecular complexity index is 156. The molecule has 1 aliphatic carbocycles. The van der Waals surface area contributed by atoms with Crippen LogP contribution in [0.2, 0.25) is 0 Å². The molecule has 2 rings (SSSR count). The third kappa shape index (κ3) is 2.48. The summed E-state index contributed by atoms with van der Waals surface area (Å²) < 4.78 is 0. The van der Waals surface area contributed by atoms with E-state index in [-0.39, 0.29) is 0 Å². The molecule has 2 nitrogen and oxygen atoms in total. The van der Waals surface area contributed by atoms with Gasteiger partial charge in [0.15, 0.2) is 0 Å². The molecule has 0 aromatic carbocycles. The van der Waals surface area contributed by atoms with Gasteiger partial charge in [-0.05, 0) is 58.7 Å². The molecule has 2 aliphatic rings. The summed E-state index contributed by atoms with van der Waals surface area (Å²) in [5.74, 6) is 0. The van der Waals surface area contributed by atoms with E-state index in [2.05, 4.69) is 17.3 Å². The fraction of sp³-hybridized carbons (Fsp3) is 1.00. The summed E-state index contributed by atoms with van der Waals surface area (Å²) >= 11 is 0. The first-order chi connectivity index (χ1) is 6.90. The molecule has 2 fully saturated rings. The lowest BCUT2D eigenvalue weighted by Gasteiger charge is -2.38. The number of rotatable bonds is 2. The highest BCUT2D eigenvalue weighted by atomic mass is 15.2. The molecule has 0 radical (unpaired) electrons. The van der Waals surface area contributed by atoms with Crippen molar-refractivity contribution in [2.24, 2.45) is 0 Å². The smallest absolute Gasteiger partial charge is 0.00964 e. The predicted octanol–water partition coefficient (Wildman–Crippen LogP) is 2.00. The standard InChI is InChI=1S/C12H24N2/c1-13-11-5-7-12(8-6-11)14-9-3-2-4-10-14/h11-13H,2-10H2,1H3/t11-,12+. The first-order valence-electron chi connectivity index (χ1n) is 6.31. The highest BCUT2D eigenvalue weighted by Crippen LogP contribution is 2.25. The molecule has 0 atom stereocenters. The SMILES string of the molecule is CN[C@H]1CC[C@@H](N2CCCCC2)CC1. The van der Waals surface area contributed by atoms with Crippen molar-refractivity contribution in [1.82, 2.24) is 10.2 Å². The molecule has 82 valence electrons. The molecule has 1 saturated carbocycles. The van der Waals surface area contributed by atoms with Gasteiger partial charge in [0.2, 0.25) is 0 Å². The van der Waals surface area contributed by atoms with E-state index in [9.17, 15) is 0 Å². The number of likely N-dealkylation sites (tertiary alicyclic amines) is 1. The molecule has 1 saturated heterocycles. The normalized spacial score (nSPS) is 35.8. The Balaban J connectivity index is 1.76. The molecular formula is C12H24N2. The summed E-state index contributed by atoms with van der Waals surface area (Å²) in [6.45, 7) is 2.74. The average Bonchev–Trinajstić information content (AvgIpc) is 2.30. The molecule has 0 amide bonds. The third-order valence-electron chi connectivity index (χ3n) is 4.01. The van der Waals surface area contributed by atoms with Gasteiger partial charge in [0, 0.05) is 12.1 Å². The van der Waals surface area contributed by atoms with E-state index in [1.165, 1.54) is 58.0 Å². The van der Waals surface area contributed by atoms with Crippen molar-refractivity contribution >= 4 is 0 Å². The van der Waals surface area contributed by atoms with Gasteiger partial charge in [0.05, 0.1) is 0 Å². The minimum Gasteiger partial charge on any atom is -0.317 e. The zero-order chi connectivity index (χ0) is 9.80. The van der Waals surface area contributed by atoms with E-state index >= 15 is 0 Å². The second-order valence-electron chi connectivity index (χ2n) is 4.89. The maximum atomic E-state index is 3.41. The van der Waals surface area contributed by atoms with Crippen LogP contribution in [0.15, 0.2) is 0 Å². The Kier molecular flexibility index (Phi) is 3.82. The molecular weight excluding hydrogens is 172 g/mol. The van der Waals surface area contributed by atoms with Crippen LogP contribution in [-0.2, 0) is 0 Å². The molecule has 0 aromatic rings. The van der Waals surface area contributed by atoms with Crippen LogP contribution in [0.3, 0.4) is 0 Å². The van der Waals surface area contributed by atoms with Gasteiger partial charge in [0.25, 0.3) is 0 Å². The summed E-state index contributed by atoms with van der Waals surface area (Å²) in [6.07, 6.45) is 9.95. The molecule has 14 heavy (non-hydrogen) atoms. The highest BCUT2D eigenvalue weighted by Gasteiger charge is 2.25. The molecule has 0 bridgehead atoms. The van der Waals surface area contributed by atoms with E-state index in [1.807, 2.05) is 0 Å². The van der Waals surface area contributed by atoms with Crippen molar-refractivity contribution < 1.29 is 0 Å². The number of hydrogen-bond donors (Lipinski definition) is 1. The van der Waals surface area contributed by atoms with Gasteiger partial charge in [-0.1, -0.05) is 6.42 Å². The highest BCUT2D eigenvalue weighted by molar-refractivity contribution is 4.83. The third-order valence-corrected chi connectivity index (χ3v) is 4.01. The maximum Gasteiger partial charge on any atom is 0.00964 e. The van der Waals surface area contributed by atoms with Crippen LogP contribution in [0.4, 0.5) is 0 Å². The molecule has 0 spiro atoms. The minimum absolute atomic E-state index is 0.802. The lowest BCUT2D eigenvalue weighted by Crippen LogP contribution is -2.43. The van der Waals surface area contributed by atoms with Crippen LogP contribution in [0.5, 0.6) is 0 Å². The van der Waals surface area contributed by atoms with Gasteiger partial charge >= 0.3 is 0 Å². The number of piperidine rings is 1. The lowest BCUT2D eigenvalue weighted by molar-refractivity contribution is 0.122. The largest absolute Gasteiger partial charge is 0.317 e. The Hall–Kier alpha value is -0.0800. The molecule has 0 aromatic heterocycles. The fourth-order valence-corrected chi connectivity index (χ4v) is 3.01. The Morgan fingerprint density at radius 2 is 1.57 bits per heavy atom. The van der Waals surface area contributed by atoms with E-state index in [0.29, 0.717) is 0 Å². The number of nitrogens with one attached hydrogen (secondary N) is 1. The first kappa shape index (κ1) is 10.4. The van der Waals surface area contributed by atoms with E-state index in [1.54, 1.807) is 0 Å². The molecule has 2 heteroatoms. The van der Waals surface area contributed by atoms with Crippen molar-refractivity contribution in [3.63, 3.8) is 0 Å². The summed E-state index contributed by atoms with van der Waals surface area (Å²) in [5, 5.41) is 3.41. The topological polar surface area (TPSA) is 15.3 Å². The van der Waals surface area contributed by atoms with Crippen molar-refractivity contribution in [3.05, 3.63) is 0 Å². The van der Waals surface area contributed by atoms with Gasteiger partial charge in [-0.3, -0.25) is 0 Å². The summed E-state index contributed by atoms with van der Waals surface area (Å²) in [5.41, 5.74) is 0. The Labute approximate surface area is 88.1 Å². The predicted molar refractivity (Wildman–Crippen MR) is 60.5 cm³/mol. The van der Waals surface area contributed by atoms with Gasteiger partial charge < -0.3 is 10.2 Å². The lowest BCUT2D eigenvalue weighted by atomic mass is 9.89. The van der Waals surface area contributed by atoms with Crippen LogP contribution >= 0.6 is 0 Å². The van der Waals surface area contributed by atoms with Crippen molar-refractivity contribution in [2.45, 2.75) is 57.0 Å². The summed E-state index contributed by atoms with van der Waals surface area (Å²) in [6, 6.07) is 1.72. The van der Waals surface area contributed by atoms with Crippen molar-refractivity contribution in [2.75, 3.05) is 20.1 Å². The van der Waals surface area contributed by atoms with Crippen LogP contribution in [0.1, 0.15) is 44.9 Å². The monoisotopic (exact) mass is 196 g/mol. The molecule has 1 N–H and O–H groups in total. The Morgan fingerprint density at radius 1 is 0.929 bits per heavy atom. The average molecular weight is 196 g/mol. The van der Waals surface area contributed by atoms with E-state index in [0.717, 1.165) is 12.1 Å². The van der Waals surface area contributed by atoms with Gasteiger partial charge in [0.1, 0.15) is 0 Å². The fourth-order valence-electron chi connectivity index (χ4n) is 3.01. The van der Waals surface area contributed by atoms with Gasteiger partial charge in [-0.2, -0.15) is 0 Å². The van der Waals surface area contributed by atoms with Crippen LogP contribution in [0, 0.1) is 0 Å². The van der Waals surface area contributed by atoms with Gasteiger partial charge in [-0.25, -0.2) is 0 Å². The van der Waals surface area contributed by atoms with Crippen LogP contribution in [0.25, 0.3) is 0 Å². The van der Waals surface area contributed by atoms with Crippen LogP contribution in [-0.4, -0.2) is 37.1 Å². The summed E-state index contributed by atoms with van der Waals surface area (Å²) in [4.78, 5) is 2.75. The van der Waals surface area contributed by atoms with Crippen LogP contribution < -0.4 is 5.32 Å². The second kappa shape index (κ2) is 5.13. The maximum absolute atomic E-state index is 3.41. The zero-order valence-electron chi connectivity index (χ0n) is 9.47. The molecule has 1 aliphatic heterocycles. The molecule has 1 heterocycles. The van der Waals surface area contributed by atoms with Crippen molar-refractivity contribution in [1.29, 1.82) is 0 Å². The zero-order valence-corrected chi connectivity index (χ0v) is 9.47. The second-order valence-corrected chi connectivity index (χ2v) is 4.89. The number of nitrogens with zero attached hydrogens (tertiary/aromatic N) is 1. The van der Waals surface area contributed by atoms with Gasteiger partial charge in [-0.15, -0.1) is 0 Å². The minimum atomic E-state index is 0.802. The van der Waals surface area contributed by atoms with E-state index in [4.69, 9.17) is 0 Å². The summed E-state index contributed by atoms with van der Waals surface area (Å²) in [7, 11) is 2.10. The van der Waals surface area contributed by atoms with Crippen molar-refractivity contribution in [3.8, 4) is 0 Å². The Morgan fingerprint density at radius 3 is 2.14 bits per heavy atom. The quantitative estimate of drug-likeness (QED) is 0.727.